The molecule has 0 saturated carbocycles. The van der Waals surface area contributed by atoms with Crippen molar-refractivity contribution in [3.8, 4) is 11.5 Å². The maximum absolute atomic E-state index is 12.3. The zero-order valence-corrected chi connectivity index (χ0v) is 12.4. The second kappa shape index (κ2) is 5.54. The van der Waals surface area contributed by atoms with E-state index in [1.165, 1.54) is 13.2 Å². The minimum absolute atomic E-state index is 0.181. The Bertz CT molecular complexity index is 720. The van der Waals surface area contributed by atoms with Gasteiger partial charge in [0.25, 0.3) is 0 Å². The van der Waals surface area contributed by atoms with Gasteiger partial charge in [-0.3, -0.25) is 0 Å². The van der Waals surface area contributed by atoms with Gasteiger partial charge in [-0.05, 0) is 43.2 Å². The van der Waals surface area contributed by atoms with Gasteiger partial charge in [-0.1, -0.05) is 18.2 Å². The van der Waals surface area contributed by atoms with Gasteiger partial charge in [0.2, 0.25) is 0 Å². The van der Waals surface area contributed by atoms with Gasteiger partial charge in [-0.2, -0.15) is 8.42 Å². The van der Waals surface area contributed by atoms with Crippen LogP contribution in [-0.2, 0) is 10.1 Å². The number of hydrogen-bond donors (Lipinski definition) is 0. The number of benzene rings is 2. The van der Waals surface area contributed by atoms with E-state index in [0.29, 0.717) is 11.3 Å². The maximum atomic E-state index is 12.3. The van der Waals surface area contributed by atoms with Gasteiger partial charge in [-0.15, -0.1) is 0 Å². The van der Waals surface area contributed by atoms with E-state index in [9.17, 15) is 8.42 Å². The van der Waals surface area contributed by atoms with Crippen LogP contribution in [0.2, 0.25) is 0 Å². The highest BCUT2D eigenvalue weighted by molar-refractivity contribution is 7.87. The summed E-state index contributed by atoms with van der Waals surface area (Å²) in [5.74, 6) is 0.768. The largest absolute Gasteiger partial charge is 0.497 e. The van der Waals surface area contributed by atoms with Crippen LogP contribution < -0.4 is 8.92 Å². The maximum Gasteiger partial charge on any atom is 0.339 e. The molecule has 0 atom stereocenters. The molecule has 2 aromatic rings. The Kier molecular flexibility index (Phi) is 3.99. The Balaban J connectivity index is 2.38. The highest BCUT2D eigenvalue weighted by Crippen LogP contribution is 2.25. The summed E-state index contributed by atoms with van der Waals surface area (Å²) in [4.78, 5) is 0.181. The smallest absolute Gasteiger partial charge is 0.339 e. The van der Waals surface area contributed by atoms with Crippen molar-refractivity contribution in [3.05, 3.63) is 53.6 Å². The van der Waals surface area contributed by atoms with Gasteiger partial charge in [-0.25, -0.2) is 0 Å². The molecule has 2 rings (SSSR count). The van der Waals surface area contributed by atoms with Gasteiger partial charge in [0.1, 0.15) is 16.4 Å². The molecule has 106 valence electrons. The molecule has 0 aliphatic carbocycles. The van der Waals surface area contributed by atoms with Crippen molar-refractivity contribution in [2.75, 3.05) is 7.11 Å². The molecule has 0 aliphatic rings. The summed E-state index contributed by atoms with van der Waals surface area (Å²) in [7, 11) is -2.33. The van der Waals surface area contributed by atoms with Crippen molar-refractivity contribution in [3.63, 3.8) is 0 Å². The number of hydrogen-bond acceptors (Lipinski definition) is 4. The van der Waals surface area contributed by atoms with Gasteiger partial charge >= 0.3 is 10.1 Å². The van der Waals surface area contributed by atoms with E-state index in [-0.39, 0.29) is 10.6 Å². The number of ether oxygens (including phenoxy) is 1. The minimum atomic E-state index is -3.85. The average molecular weight is 292 g/mol. The van der Waals surface area contributed by atoms with Crippen LogP contribution in [0.15, 0.2) is 47.4 Å². The molecule has 0 N–H and O–H groups in total. The molecular weight excluding hydrogens is 276 g/mol. The van der Waals surface area contributed by atoms with Crippen LogP contribution in [-0.4, -0.2) is 15.5 Å². The quantitative estimate of drug-likeness (QED) is 0.813. The lowest BCUT2D eigenvalue weighted by Crippen LogP contribution is -2.11. The molecule has 0 aromatic heterocycles. The van der Waals surface area contributed by atoms with E-state index in [0.717, 1.165) is 5.56 Å². The summed E-state index contributed by atoms with van der Waals surface area (Å²) < 4.78 is 34.8. The number of rotatable bonds is 4. The topological polar surface area (TPSA) is 52.6 Å². The molecule has 2 aromatic carbocycles. The van der Waals surface area contributed by atoms with Crippen molar-refractivity contribution in [1.82, 2.24) is 0 Å². The third-order valence-corrected chi connectivity index (χ3v) is 4.25. The Morgan fingerprint density at radius 2 is 1.65 bits per heavy atom. The predicted octanol–water partition coefficient (Wildman–Crippen LogP) is 3.08. The molecule has 0 radical (unpaired) electrons. The highest BCUT2D eigenvalue weighted by Gasteiger charge is 2.19. The molecule has 0 fully saturated rings. The van der Waals surface area contributed by atoms with E-state index in [4.69, 9.17) is 8.92 Å². The summed E-state index contributed by atoms with van der Waals surface area (Å²) >= 11 is 0. The molecule has 5 heteroatoms. The first-order chi connectivity index (χ1) is 9.42. The molecule has 0 spiro atoms. The molecule has 0 unspecified atom stereocenters. The fourth-order valence-electron chi connectivity index (χ4n) is 1.80. The van der Waals surface area contributed by atoms with E-state index in [1.807, 2.05) is 13.0 Å². The Morgan fingerprint density at radius 1 is 0.950 bits per heavy atom. The number of methoxy groups -OCH3 is 1. The van der Waals surface area contributed by atoms with Crippen LogP contribution in [0.5, 0.6) is 11.5 Å². The van der Waals surface area contributed by atoms with Crippen molar-refractivity contribution in [2.24, 2.45) is 0 Å². The molecule has 4 nitrogen and oxygen atoms in total. The van der Waals surface area contributed by atoms with Crippen molar-refractivity contribution in [2.45, 2.75) is 18.7 Å². The lowest BCUT2D eigenvalue weighted by Gasteiger charge is -2.10. The average Bonchev–Trinajstić information content (AvgIpc) is 2.41. The van der Waals surface area contributed by atoms with Crippen LogP contribution in [0.4, 0.5) is 0 Å². The lowest BCUT2D eigenvalue weighted by atomic mass is 10.2. The third-order valence-electron chi connectivity index (χ3n) is 2.86. The van der Waals surface area contributed by atoms with Crippen LogP contribution in [0.3, 0.4) is 0 Å². The van der Waals surface area contributed by atoms with Gasteiger partial charge < -0.3 is 8.92 Å². The SMILES string of the molecule is COc1cccc(OS(=O)(=O)c2cc(C)ccc2C)c1. The summed E-state index contributed by atoms with van der Waals surface area (Å²) in [6.45, 7) is 3.57. The summed E-state index contributed by atoms with van der Waals surface area (Å²) in [5, 5.41) is 0. The van der Waals surface area contributed by atoms with Crippen LogP contribution >= 0.6 is 0 Å². The monoisotopic (exact) mass is 292 g/mol. The lowest BCUT2D eigenvalue weighted by molar-refractivity contribution is 0.411. The summed E-state index contributed by atoms with van der Waals surface area (Å²) in [6, 6.07) is 11.7. The second-order valence-corrected chi connectivity index (χ2v) is 6.00. The minimum Gasteiger partial charge on any atom is -0.497 e. The van der Waals surface area contributed by atoms with E-state index >= 15 is 0 Å². The van der Waals surface area contributed by atoms with Gasteiger partial charge in [0.05, 0.1) is 7.11 Å². The summed E-state index contributed by atoms with van der Waals surface area (Å²) in [6.07, 6.45) is 0. The first-order valence-corrected chi connectivity index (χ1v) is 7.49. The van der Waals surface area contributed by atoms with E-state index in [2.05, 4.69) is 0 Å². The molecule has 0 heterocycles. The third kappa shape index (κ3) is 3.11. The van der Waals surface area contributed by atoms with Crippen LogP contribution in [0, 0.1) is 13.8 Å². The highest BCUT2D eigenvalue weighted by atomic mass is 32.2. The zero-order chi connectivity index (χ0) is 14.8. The Hall–Kier alpha value is -2.01. The normalized spacial score (nSPS) is 11.2. The van der Waals surface area contributed by atoms with Crippen LogP contribution in [0.25, 0.3) is 0 Å². The van der Waals surface area contributed by atoms with Crippen molar-refractivity contribution >= 4 is 10.1 Å². The van der Waals surface area contributed by atoms with Crippen molar-refractivity contribution < 1.29 is 17.3 Å². The molecule has 20 heavy (non-hydrogen) atoms. The first-order valence-electron chi connectivity index (χ1n) is 6.08. The molecule has 0 saturated heterocycles. The second-order valence-electron chi connectivity index (χ2n) is 4.49. The predicted molar refractivity (Wildman–Crippen MR) is 76.7 cm³/mol. The summed E-state index contributed by atoms with van der Waals surface area (Å²) in [5.41, 5.74) is 1.52. The Labute approximate surface area is 119 Å². The van der Waals surface area contributed by atoms with E-state index in [1.54, 1.807) is 37.3 Å². The van der Waals surface area contributed by atoms with Gasteiger partial charge in [0, 0.05) is 6.07 Å². The van der Waals surface area contributed by atoms with Crippen LogP contribution in [0.1, 0.15) is 11.1 Å². The fraction of sp³-hybridized carbons (Fsp3) is 0.200. The molecule has 0 bridgehead atoms. The first kappa shape index (κ1) is 14.4. The fourth-order valence-corrected chi connectivity index (χ4v) is 3.04. The molecule has 0 aliphatic heterocycles. The standard InChI is InChI=1S/C15H16O4S/c1-11-7-8-12(2)15(9-11)20(16,17)19-14-6-4-5-13(10-14)18-3/h4-10H,1-3H3. The van der Waals surface area contributed by atoms with E-state index < -0.39 is 10.1 Å². The number of aryl methyl sites for hydroxylation is 2. The Morgan fingerprint density at radius 3 is 2.35 bits per heavy atom. The zero-order valence-electron chi connectivity index (χ0n) is 11.6. The molecular formula is C15H16O4S. The van der Waals surface area contributed by atoms with Crippen molar-refractivity contribution in [1.29, 1.82) is 0 Å². The van der Waals surface area contributed by atoms with Gasteiger partial charge in [0.15, 0.2) is 0 Å². The molecule has 0 amide bonds.